The van der Waals surface area contributed by atoms with Crippen LogP contribution in [0.25, 0.3) is 0 Å². The van der Waals surface area contributed by atoms with Gasteiger partial charge in [-0.05, 0) is 36.1 Å². The summed E-state index contributed by atoms with van der Waals surface area (Å²) >= 11 is 0. The van der Waals surface area contributed by atoms with E-state index in [1.54, 1.807) is 6.07 Å². The number of amides is 2. The topological polar surface area (TPSA) is 46.2 Å². The Bertz CT molecular complexity index is 512. The highest BCUT2D eigenvalue weighted by molar-refractivity contribution is 6.09. The SMILES string of the molecule is O=C1CC2(CCc3cc(F)ccc32)C(=O)N1. The van der Waals surface area contributed by atoms with Crippen LogP contribution in [0.1, 0.15) is 24.0 Å². The number of hydrogen-bond donors (Lipinski definition) is 1. The van der Waals surface area contributed by atoms with Crippen LogP contribution in [-0.2, 0) is 21.4 Å². The van der Waals surface area contributed by atoms with Crippen LogP contribution < -0.4 is 5.32 Å². The van der Waals surface area contributed by atoms with Gasteiger partial charge in [0.25, 0.3) is 0 Å². The number of benzene rings is 1. The maximum absolute atomic E-state index is 13.0. The molecule has 1 saturated heterocycles. The van der Waals surface area contributed by atoms with Crippen LogP contribution in [0.15, 0.2) is 18.2 Å². The van der Waals surface area contributed by atoms with Crippen molar-refractivity contribution < 1.29 is 14.0 Å². The molecule has 1 atom stereocenters. The van der Waals surface area contributed by atoms with Gasteiger partial charge in [-0.3, -0.25) is 14.9 Å². The molecule has 1 fully saturated rings. The first-order valence-electron chi connectivity index (χ1n) is 5.25. The van der Waals surface area contributed by atoms with Gasteiger partial charge in [0.05, 0.1) is 5.41 Å². The van der Waals surface area contributed by atoms with E-state index in [-0.39, 0.29) is 24.1 Å². The molecule has 1 aromatic rings. The standard InChI is InChI=1S/C12H10FNO2/c13-8-1-2-9-7(5-8)3-4-12(9)6-10(15)14-11(12)16/h1-2,5H,3-4,6H2,(H,14,15,16). The van der Waals surface area contributed by atoms with Crippen molar-refractivity contribution in [2.45, 2.75) is 24.7 Å². The summed E-state index contributed by atoms with van der Waals surface area (Å²) in [7, 11) is 0. The maximum atomic E-state index is 13.0. The fraction of sp³-hybridized carbons (Fsp3) is 0.333. The molecule has 1 N–H and O–H groups in total. The highest BCUT2D eigenvalue weighted by Crippen LogP contribution is 2.44. The maximum Gasteiger partial charge on any atom is 0.237 e. The molecule has 1 heterocycles. The van der Waals surface area contributed by atoms with Crippen molar-refractivity contribution in [2.24, 2.45) is 0 Å². The molecule has 1 aromatic carbocycles. The zero-order valence-corrected chi connectivity index (χ0v) is 8.55. The smallest absolute Gasteiger partial charge is 0.237 e. The zero-order valence-electron chi connectivity index (χ0n) is 8.55. The molecule has 0 bridgehead atoms. The number of imide groups is 1. The fourth-order valence-corrected chi connectivity index (χ4v) is 2.78. The van der Waals surface area contributed by atoms with Gasteiger partial charge in [-0.25, -0.2) is 4.39 Å². The zero-order chi connectivity index (χ0) is 11.3. The first kappa shape index (κ1) is 9.51. The Hall–Kier alpha value is -1.71. The quantitative estimate of drug-likeness (QED) is 0.663. The van der Waals surface area contributed by atoms with E-state index in [0.717, 1.165) is 11.1 Å². The average molecular weight is 219 g/mol. The third-order valence-electron chi connectivity index (χ3n) is 3.55. The number of carbonyl (C=O) groups is 2. The number of fused-ring (bicyclic) bond motifs is 2. The molecular weight excluding hydrogens is 209 g/mol. The number of hydrogen-bond acceptors (Lipinski definition) is 2. The Morgan fingerprint density at radius 3 is 2.81 bits per heavy atom. The third-order valence-corrected chi connectivity index (χ3v) is 3.55. The van der Waals surface area contributed by atoms with Crippen LogP contribution in [0.2, 0.25) is 0 Å². The van der Waals surface area contributed by atoms with E-state index in [4.69, 9.17) is 0 Å². The number of carbonyl (C=O) groups excluding carboxylic acids is 2. The van der Waals surface area contributed by atoms with E-state index in [1.807, 2.05) is 0 Å². The van der Waals surface area contributed by atoms with Crippen molar-refractivity contribution in [1.29, 1.82) is 0 Å². The predicted octanol–water partition coefficient (Wildman–Crippen LogP) is 1.06. The molecular formula is C12H10FNO2. The second-order valence-electron chi connectivity index (χ2n) is 4.44. The van der Waals surface area contributed by atoms with Gasteiger partial charge in [-0.15, -0.1) is 0 Å². The van der Waals surface area contributed by atoms with Gasteiger partial charge in [-0.1, -0.05) is 6.07 Å². The Morgan fingerprint density at radius 1 is 1.31 bits per heavy atom. The summed E-state index contributed by atoms with van der Waals surface area (Å²) in [5.74, 6) is -0.759. The van der Waals surface area contributed by atoms with Crippen molar-refractivity contribution in [3.8, 4) is 0 Å². The minimum atomic E-state index is -0.722. The van der Waals surface area contributed by atoms with E-state index >= 15 is 0 Å². The lowest BCUT2D eigenvalue weighted by Gasteiger charge is -2.19. The minimum absolute atomic E-state index is 0.199. The molecule has 3 nitrogen and oxygen atoms in total. The van der Waals surface area contributed by atoms with Gasteiger partial charge in [0, 0.05) is 6.42 Å². The summed E-state index contributed by atoms with van der Waals surface area (Å²) in [6, 6.07) is 4.44. The molecule has 1 aliphatic carbocycles. The molecule has 1 unspecified atom stereocenters. The molecule has 16 heavy (non-hydrogen) atoms. The van der Waals surface area contributed by atoms with Crippen LogP contribution in [-0.4, -0.2) is 11.8 Å². The van der Waals surface area contributed by atoms with Gasteiger partial charge in [-0.2, -0.15) is 0 Å². The summed E-state index contributed by atoms with van der Waals surface area (Å²) in [4.78, 5) is 23.1. The van der Waals surface area contributed by atoms with E-state index in [9.17, 15) is 14.0 Å². The molecule has 0 aromatic heterocycles. The molecule has 1 aliphatic heterocycles. The van der Waals surface area contributed by atoms with Crippen LogP contribution in [0, 0.1) is 5.82 Å². The molecule has 2 amide bonds. The van der Waals surface area contributed by atoms with Crippen molar-refractivity contribution in [3.63, 3.8) is 0 Å². The van der Waals surface area contributed by atoms with Gasteiger partial charge in [0.1, 0.15) is 5.82 Å². The summed E-state index contributed by atoms with van der Waals surface area (Å²) in [6.45, 7) is 0. The van der Waals surface area contributed by atoms with Crippen molar-refractivity contribution in [2.75, 3.05) is 0 Å². The molecule has 2 aliphatic rings. The fourth-order valence-electron chi connectivity index (χ4n) is 2.78. The lowest BCUT2D eigenvalue weighted by atomic mass is 9.80. The van der Waals surface area contributed by atoms with Crippen LogP contribution in [0.3, 0.4) is 0 Å². The van der Waals surface area contributed by atoms with Gasteiger partial charge < -0.3 is 0 Å². The highest BCUT2D eigenvalue weighted by Gasteiger charge is 2.51. The normalized spacial score (nSPS) is 27.3. The first-order chi connectivity index (χ1) is 7.62. The third kappa shape index (κ3) is 1.07. The number of halogens is 1. The molecule has 4 heteroatoms. The van der Waals surface area contributed by atoms with Gasteiger partial charge in [0.15, 0.2) is 0 Å². The average Bonchev–Trinajstić information content (AvgIpc) is 2.70. The Labute approximate surface area is 91.6 Å². The van der Waals surface area contributed by atoms with E-state index in [0.29, 0.717) is 12.8 Å². The van der Waals surface area contributed by atoms with Gasteiger partial charge in [0.2, 0.25) is 11.8 Å². The van der Waals surface area contributed by atoms with Crippen LogP contribution in [0.4, 0.5) is 4.39 Å². The predicted molar refractivity (Wildman–Crippen MR) is 54.2 cm³/mol. The number of aryl methyl sites for hydroxylation is 1. The Balaban J connectivity index is 2.15. The second kappa shape index (κ2) is 2.90. The molecule has 1 spiro atoms. The summed E-state index contributed by atoms with van der Waals surface area (Å²) in [5, 5.41) is 2.33. The summed E-state index contributed by atoms with van der Waals surface area (Å²) < 4.78 is 13.0. The molecule has 0 saturated carbocycles. The highest BCUT2D eigenvalue weighted by atomic mass is 19.1. The lowest BCUT2D eigenvalue weighted by Crippen LogP contribution is -2.33. The molecule has 0 radical (unpaired) electrons. The first-order valence-corrected chi connectivity index (χ1v) is 5.25. The molecule has 3 rings (SSSR count). The molecule has 82 valence electrons. The van der Waals surface area contributed by atoms with E-state index < -0.39 is 5.41 Å². The Morgan fingerprint density at radius 2 is 2.12 bits per heavy atom. The number of rotatable bonds is 0. The Kier molecular flexibility index (Phi) is 1.73. The van der Waals surface area contributed by atoms with Crippen LogP contribution >= 0.6 is 0 Å². The van der Waals surface area contributed by atoms with Gasteiger partial charge >= 0.3 is 0 Å². The number of nitrogens with one attached hydrogen (secondary N) is 1. The summed E-state index contributed by atoms with van der Waals surface area (Å²) in [5.41, 5.74) is 0.947. The van der Waals surface area contributed by atoms with Crippen molar-refractivity contribution >= 4 is 11.8 Å². The lowest BCUT2D eigenvalue weighted by molar-refractivity contribution is -0.126. The largest absolute Gasteiger partial charge is 0.296 e. The van der Waals surface area contributed by atoms with E-state index in [1.165, 1.54) is 12.1 Å². The second-order valence-corrected chi connectivity index (χ2v) is 4.44. The van der Waals surface area contributed by atoms with Crippen molar-refractivity contribution in [3.05, 3.63) is 35.1 Å². The van der Waals surface area contributed by atoms with Crippen molar-refractivity contribution in [1.82, 2.24) is 5.32 Å². The minimum Gasteiger partial charge on any atom is -0.296 e. The van der Waals surface area contributed by atoms with E-state index in [2.05, 4.69) is 5.32 Å². The van der Waals surface area contributed by atoms with Crippen LogP contribution in [0.5, 0.6) is 0 Å². The monoisotopic (exact) mass is 219 g/mol. The summed E-state index contributed by atoms with van der Waals surface area (Å²) in [6.07, 6.45) is 1.46.